The zero-order valence-electron chi connectivity index (χ0n) is 18.4. The zero-order chi connectivity index (χ0) is 24.7. The number of aliphatic hydroxyl groups is 1. The van der Waals surface area contributed by atoms with Gasteiger partial charge < -0.3 is 5.11 Å². The Hall–Kier alpha value is -2.57. The predicted molar refractivity (Wildman–Crippen MR) is 141 cm³/mol. The molecular formula is C23H17ClN4O3S4. The van der Waals surface area contributed by atoms with Crippen LogP contribution in [0, 0.1) is 13.8 Å². The van der Waals surface area contributed by atoms with Crippen molar-refractivity contribution in [2.24, 2.45) is 0 Å². The van der Waals surface area contributed by atoms with Gasteiger partial charge in [0.2, 0.25) is 10.9 Å². The molecule has 0 saturated heterocycles. The summed E-state index contributed by atoms with van der Waals surface area (Å²) in [6, 6.07) is 10.4. The minimum Gasteiger partial charge on any atom is -0.503 e. The van der Waals surface area contributed by atoms with Crippen LogP contribution in [0.2, 0.25) is 5.02 Å². The van der Waals surface area contributed by atoms with Gasteiger partial charge in [0.05, 0.1) is 21.2 Å². The first-order valence-electron chi connectivity index (χ1n) is 10.3. The molecule has 7 nitrogen and oxygen atoms in total. The molecule has 0 spiro atoms. The number of halogens is 1. The lowest BCUT2D eigenvalue weighted by molar-refractivity contribution is -0.117. The standard InChI is InChI=1S/C23H17ClN4O3S4/c1-11-20(34-12(2)25-11)18(29)16-17(15-4-3-9-32-15)28(21(31)19(16)30)22-26-27-23(35-22)33-10-13-5-7-14(24)8-6-13/h3-9,17,30H,10H2,1-2H3. The first kappa shape index (κ1) is 24.1. The first-order valence-corrected chi connectivity index (χ1v) is 14.2. The number of Topliss-reactive ketones (excluding diaryl/α,β-unsaturated/α-hetero) is 1. The number of carbonyl (C=O) groups excluding carboxylic acids is 2. The summed E-state index contributed by atoms with van der Waals surface area (Å²) < 4.78 is 0.667. The van der Waals surface area contributed by atoms with E-state index >= 15 is 0 Å². The second-order valence-electron chi connectivity index (χ2n) is 7.60. The van der Waals surface area contributed by atoms with Crippen molar-refractivity contribution in [3.8, 4) is 0 Å². The van der Waals surface area contributed by atoms with E-state index < -0.39 is 23.5 Å². The minimum absolute atomic E-state index is 0.0368. The van der Waals surface area contributed by atoms with Gasteiger partial charge in [-0.25, -0.2) is 4.98 Å². The highest BCUT2D eigenvalue weighted by molar-refractivity contribution is 8.00. The third kappa shape index (κ3) is 4.66. The Morgan fingerprint density at radius 3 is 2.60 bits per heavy atom. The van der Waals surface area contributed by atoms with Gasteiger partial charge in [-0.05, 0) is 43.0 Å². The van der Waals surface area contributed by atoms with Crippen molar-refractivity contribution in [3.05, 3.63) is 84.2 Å². The molecule has 1 aliphatic heterocycles. The smallest absolute Gasteiger partial charge is 0.296 e. The number of aromatic nitrogens is 3. The fourth-order valence-electron chi connectivity index (χ4n) is 3.70. The molecule has 35 heavy (non-hydrogen) atoms. The highest BCUT2D eigenvalue weighted by Crippen LogP contribution is 2.45. The number of anilines is 1. The van der Waals surface area contributed by atoms with Crippen molar-refractivity contribution >= 4 is 74.2 Å². The Bertz CT molecular complexity index is 1440. The van der Waals surface area contributed by atoms with Crippen LogP contribution in [0.4, 0.5) is 5.13 Å². The summed E-state index contributed by atoms with van der Waals surface area (Å²) in [5, 5.41) is 22.9. The van der Waals surface area contributed by atoms with Gasteiger partial charge >= 0.3 is 0 Å². The van der Waals surface area contributed by atoms with Gasteiger partial charge in [0.15, 0.2) is 10.1 Å². The number of rotatable bonds is 7. The molecular weight excluding hydrogens is 544 g/mol. The van der Waals surface area contributed by atoms with Crippen LogP contribution in [0.25, 0.3) is 0 Å². The Labute approximate surface area is 222 Å². The SMILES string of the molecule is Cc1nc(C)c(C(=O)C2=C(O)C(=O)N(c3nnc(SCc4ccc(Cl)cc4)s3)C2c2cccs2)s1. The van der Waals surface area contributed by atoms with Crippen molar-refractivity contribution < 1.29 is 14.7 Å². The van der Waals surface area contributed by atoms with E-state index in [-0.39, 0.29) is 5.57 Å². The molecule has 4 aromatic rings. The van der Waals surface area contributed by atoms with Gasteiger partial charge in [0.1, 0.15) is 6.04 Å². The van der Waals surface area contributed by atoms with E-state index in [1.165, 1.54) is 50.7 Å². The molecule has 0 bridgehead atoms. The maximum Gasteiger partial charge on any atom is 0.296 e. The number of thiazole rings is 1. The summed E-state index contributed by atoms with van der Waals surface area (Å²) >= 11 is 11.3. The Balaban J connectivity index is 1.46. The average molecular weight is 561 g/mol. The molecule has 178 valence electrons. The number of hydrogen-bond donors (Lipinski definition) is 1. The van der Waals surface area contributed by atoms with Gasteiger partial charge in [-0.15, -0.1) is 32.9 Å². The topological polar surface area (TPSA) is 96.3 Å². The number of amides is 1. The molecule has 4 heterocycles. The summed E-state index contributed by atoms with van der Waals surface area (Å²) in [5.74, 6) is -0.979. The minimum atomic E-state index is -0.793. The lowest BCUT2D eigenvalue weighted by atomic mass is 10.0. The molecule has 12 heteroatoms. The molecule has 1 atom stereocenters. The summed E-state index contributed by atoms with van der Waals surface area (Å²) in [4.78, 5) is 33.6. The maximum absolute atomic E-state index is 13.5. The molecule has 0 radical (unpaired) electrons. The predicted octanol–water partition coefficient (Wildman–Crippen LogP) is 6.40. The number of nitrogens with zero attached hydrogens (tertiary/aromatic N) is 4. The number of benzene rings is 1. The van der Waals surface area contributed by atoms with E-state index in [1.54, 1.807) is 6.92 Å². The van der Waals surface area contributed by atoms with Crippen LogP contribution >= 0.6 is 57.4 Å². The highest BCUT2D eigenvalue weighted by atomic mass is 35.5. The second kappa shape index (κ2) is 9.82. The fraction of sp³-hybridized carbons (Fsp3) is 0.174. The van der Waals surface area contributed by atoms with E-state index in [9.17, 15) is 14.7 Å². The molecule has 1 amide bonds. The summed E-state index contributed by atoms with van der Waals surface area (Å²) in [7, 11) is 0. The van der Waals surface area contributed by atoms with Crippen molar-refractivity contribution in [2.75, 3.05) is 4.90 Å². The quantitative estimate of drug-likeness (QED) is 0.159. The lowest BCUT2D eigenvalue weighted by Gasteiger charge is -2.22. The van der Waals surface area contributed by atoms with Gasteiger partial charge in [-0.2, -0.15) is 0 Å². The normalized spacial score (nSPS) is 15.9. The number of ketones is 1. The molecule has 3 aromatic heterocycles. The molecule has 1 aromatic carbocycles. The number of aliphatic hydroxyl groups excluding tert-OH is 1. The van der Waals surface area contributed by atoms with Crippen LogP contribution < -0.4 is 4.90 Å². The number of thioether (sulfide) groups is 1. The number of aryl methyl sites for hydroxylation is 2. The third-order valence-corrected chi connectivity index (χ3v) is 9.63. The molecule has 5 rings (SSSR count). The molecule has 1 aliphatic rings. The van der Waals surface area contributed by atoms with Crippen molar-refractivity contribution in [2.45, 2.75) is 30.0 Å². The van der Waals surface area contributed by atoms with E-state index in [0.29, 0.717) is 30.8 Å². The van der Waals surface area contributed by atoms with Gasteiger partial charge in [0.25, 0.3) is 5.91 Å². The van der Waals surface area contributed by atoms with E-state index in [1.807, 2.05) is 48.7 Å². The number of thiophene rings is 1. The van der Waals surface area contributed by atoms with Gasteiger partial charge in [-0.3, -0.25) is 14.5 Å². The van der Waals surface area contributed by atoms with Crippen LogP contribution in [0.3, 0.4) is 0 Å². The maximum atomic E-state index is 13.5. The average Bonchev–Trinajstić information content (AvgIpc) is 3.62. The Kier molecular flexibility index (Phi) is 6.78. The summed E-state index contributed by atoms with van der Waals surface area (Å²) in [6.45, 7) is 3.56. The van der Waals surface area contributed by atoms with Crippen LogP contribution in [-0.4, -0.2) is 32.0 Å². The van der Waals surface area contributed by atoms with Crippen LogP contribution in [0.15, 0.2) is 57.5 Å². The monoisotopic (exact) mass is 560 g/mol. The Morgan fingerprint density at radius 2 is 1.94 bits per heavy atom. The fourth-order valence-corrected chi connectivity index (χ4v) is 7.35. The zero-order valence-corrected chi connectivity index (χ0v) is 22.4. The van der Waals surface area contributed by atoms with Crippen molar-refractivity contribution in [1.29, 1.82) is 0 Å². The lowest BCUT2D eigenvalue weighted by Crippen LogP contribution is -2.30. The van der Waals surface area contributed by atoms with E-state index in [2.05, 4.69) is 15.2 Å². The first-order chi connectivity index (χ1) is 16.8. The molecule has 0 saturated carbocycles. The third-order valence-electron chi connectivity index (χ3n) is 5.25. The summed E-state index contributed by atoms with van der Waals surface area (Å²) in [6.07, 6.45) is 0. The Morgan fingerprint density at radius 1 is 1.17 bits per heavy atom. The van der Waals surface area contributed by atoms with Crippen molar-refractivity contribution in [1.82, 2.24) is 15.2 Å². The van der Waals surface area contributed by atoms with Crippen molar-refractivity contribution in [3.63, 3.8) is 0 Å². The van der Waals surface area contributed by atoms with Gasteiger partial charge in [-0.1, -0.05) is 52.9 Å². The largest absolute Gasteiger partial charge is 0.503 e. The summed E-state index contributed by atoms with van der Waals surface area (Å²) in [5.41, 5.74) is 1.69. The molecule has 1 N–H and O–H groups in total. The molecule has 0 aliphatic carbocycles. The number of carbonyl (C=O) groups is 2. The molecule has 0 fully saturated rings. The highest BCUT2D eigenvalue weighted by Gasteiger charge is 2.47. The van der Waals surface area contributed by atoms with Crippen LogP contribution in [0.1, 0.15) is 36.9 Å². The van der Waals surface area contributed by atoms with Gasteiger partial charge in [0, 0.05) is 15.7 Å². The number of hydrogen-bond acceptors (Lipinski definition) is 10. The second-order valence-corrected chi connectivity index (χ2v) is 12.4. The van der Waals surface area contributed by atoms with E-state index in [4.69, 9.17) is 11.6 Å². The molecule has 1 unspecified atom stereocenters. The van der Waals surface area contributed by atoms with Crippen LogP contribution in [-0.2, 0) is 10.5 Å². The van der Waals surface area contributed by atoms with Crippen LogP contribution in [0.5, 0.6) is 0 Å². The van der Waals surface area contributed by atoms with E-state index in [0.717, 1.165) is 15.4 Å².